The van der Waals surface area contributed by atoms with Crippen LogP contribution in [-0.2, 0) is 17.5 Å². The summed E-state index contributed by atoms with van der Waals surface area (Å²) >= 11 is 0. The van der Waals surface area contributed by atoms with Crippen LogP contribution in [0.2, 0.25) is 0 Å². The fraction of sp³-hybridized carbons (Fsp3) is 0.588. The van der Waals surface area contributed by atoms with Gasteiger partial charge in [-0.05, 0) is 24.0 Å². The molecule has 1 aromatic rings. The first kappa shape index (κ1) is 16.8. The highest BCUT2D eigenvalue weighted by Crippen LogP contribution is 2.32. The molecule has 122 valence electrons. The van der Waals surface area contributed by atoms with E-state index in [0.29, 0.717) is 12.3 Å². The highest BCUT2D eigenvalue weighted by molar-refractivity contribution is 5.75. The maximum atomic E-state index is 12.9. The largest absolute Gasteiger partial charge is 0.416 e. The third-order valence-electron chi connectivity index (χ3n) is 4.40. The van der Waals surface area contributed by atoms with Crippen LogP contribution in [-0.4, -0.2) is 17.9 Å². The Morgan fingerprint density at radius 1 is 1.23 bits per heavy atom. The zero-order chi connectivity index (χ0) is 16.2. The molecular formula is C17H22F3NO. The Morgan fingerprint density at radius 3 is 2.50 bits per heavy atom. The van der Waals surface area contributed by atoms with E-state index in [4.69, 9.17) is 0 Å². The number of hydrogen-bond acceptors (Lipinski definition) is 1. The van der Waals surface area contributed by atoms with E-state index in [-0.39, 0.29) is 18.0 Å². The van der Waals surface area contributed by atoms with Crippen LogP contribution in [0.5, 0.6) is 0 Å². The molecular weight excluding hydrogens is 291 g/mol. The lowest BCUT2D eigenvalue weighted by atomic mass is 10.0. The van der Waals surface area contributed by atoms with Crippen LogP contribution >= 0.6 is 0 Å². The molecule has 0 saturated heterocycles. The maximum Gasteiger partial charge on any atom is 0.416 e. The molecule has 0 unspecified atom stereocenters. The van der Waals surface area contributed by atoms with Crippen LogP contribution in [0.4, 0.5) is 13.2 Å². The first-order valence-corrected chi connectivity index (χ1v) is 7.77. The van der Waals surface area contributed by atoms with Gasteiger partial charge in [-0.1, -0.05) is 43.9 Å². The molecule has 1 aromatic carbocycles. The van der Waals surface area contributed by atoms with Crippen molar-refractivity contribution in [3.05, 3.63) is 35.4 Å². The smallest absolute Gasteiger partial charge is 0.341 e. The van der Waals surface area contributed by atoms with Gasteiger partial charge in [0, 0.05) is 20.0 Å². The fourth-order valence-electron chi connectivity index (χ4n) is 3.10. The summed E-state index contributed by atoms with van der Waals surface area (Å²) < 4.78 is 38.8. The molecule has 2 rings (SSSR count). The van der Waals surface area contributed by atoms with Gasteiger partial charge in [-0.2, -0.15) is 13.2 Å². The van der Waals surface area contributed by atoms with Gasteiger partial charge in [-0.15, -0.1) is 0 Å². The minimum Gasteiger partial charge on any atom is -0.341 e. The van der Waals surface area contributed by atoms with Crippen LogP contribution in [0, 0.1) is 5.92 Å². The second kappa shape index (κ2) is 7.16. The summed E-state index contributed by atoms with van der Waals surface area (Å²) in [4.78, 5) is 13.5. The molecule has 0 aliphatic heterocycles. The Kier molecular flexibility index (Phi) is 5.48. The summed E-state index contributed by atoms with van der Waals surface area (Å²) in [6.07, 6.45) is 1.70. The summed E-state index contributed by atoms with van der Waals surface area (Å²) in [7, 11) is 1.57. The lowest BCUT2D eigenvalue weighted by Crippen LogP contribution is -2.27. The molecule has 0 aromatic heterocycles. The number of rotatable bonds is 5. The molecule has 1 fully saturated rings. The number of carbonyl (C=O) groups is 1. The summed E-state index contributed by atoms with van der Waals surface area (Å²) in [5.41, 5.74) is -0.517. The molecule has 0 bridgehead atoms. The Bertz CT molecular complexity index is 507. The third kappa shape index (κ3) is 4.49. The lowest BCUT2D eigenvalue weighted by molar-refractivity contribution is -0.139. The van der Waals surface area contributed by atoms with Crippen LogP contribution in [0.3, 0.4) is 0 Å². The number of hydrogen-bond donors (Lipinski definition) is 0. The van der Waals surface area contributed by atoms with Crippen LogP contribution in [0.25, 0.3) is 0 Å². The maximum absolute atomic E-state index is 12.9. The van der Waals surface area contributed by atoms with Gasteiger partial charge in [-0.3, -0.25) is 4.79 Å². The summed E-state index contributed by atoms with van der Waals surface area (Å²) in [5.74, 6) is 0.531. The minimum absolute atomic E-state index is 0.000810. The van der Waals surface area contributed by atoms with Gasteiger partial charge in [0.05, 0.1) is 5.56 Å². The van der Waals surface area contributed by atoms with Gasteiger partial charge in [-0.25, -0.2) is 0 Å². The molecule has 0 atom stereocenters. The van der Waals surface area contributed by atoms with Crippen molar-refractivity contribution in [1.82, 2.24) is 4.90 Å². The van der Waals surface area contributed by atoms with E-state index in [1.54, 1.807) is 13.1 Å². The van der Waals surface area contributed by atoms with Crippen molar-refractivity contribution in [3.63, 3.8) is 0 Å². The number of halogens is 3. The van der Waals surface area contributed by atoms with E-state index in [1.807, 2.05) is 0 Å². The second-order valence-electron chi connectivity index (χ2n) is 6.09. The van der Waals surface area contributed by atoms with Crippen molar-refractivity contribution < 1.29 is 18.0 Å². The molecule has 1 amide bonds. The molecule has 1 saturated carbocycles. The van der Waals surface area contributed by atoms with E-state index in [1.165, 1.54) is 42.7 Å². The van der Waals surface area contributed by atoms with Gasteiger partial charge >= 0.3 is 6.18 Å². The van der Waals surface area contributed by atoms with E-state index >= 15 is 0 Å². The number of benzene rings is 1. The van der Waals surface area contributed by atoms with Gasteiger partial charge < -0.3 is 4.90 Å². The number of nitrogens with zero attached hydrogens (tertiary/aromatic N) is 1. The van der Waals surface area contributed by atoms with Crippen molar-refractivity contribution in [3.8, 4) is 0 Å². The number of alkyl halides is 3. The normalized spacial score (nSPS) is 16.0. The molecule has 1 aliphatic carbocycles. The zero-order valence-electron chi connectivity index (χ0n) is 12.8. The van der Waals surface area contributed by atoms with Crippen molar-refractivity contribution in [2.75, 3.05) is 7.05 Å². The van der Waals surface area contributed by atoms with Crippen molar-refractivity contribution in [1.29, 1.82) is 0 Å². The van der Waals surface area contributed by atoms with Crippen molar-refractivity contribution in [2.45, 2.75) is 51.2 Å². The number of amides is 1. The predicted molar refractivity (Wildman–Crippen MR) is 79.1 cm³/mol. The average Bonchev–Trinajstić information content (AvgIpc) is 2.97. The highest BCUT2D eigenvalue weighted by atomic mass is 19.4. The van der Waals surface area contributed by atoms with Crippen molar-refractivity contribution in [2.24, 2.45) is 5.92 Å². The molecule has 5 heteroatoms. The fourth-order valence-corrected chi connectivity index (χ4v) is 3.10. The SMILES string of the molecule is CN(Cc1ccccc1C(F)(F)F)C(=O)CCC1CCCC1. The van der Waals surface area contributed by atoms with E-state index in [0.717, 1.165) is 12.5 Å². The van der Waals surface area contributed by atoms with Crippen molar-refractivity contribution >= 4 is 5.91 Å². The second-order valence-corrected chi connectivity index (χ2v) is 6.09. The predicted octanol–water partition coefficient (Wildman–Crippen LogP) is 4.63. The summed E-state index contributed by atoms with van der Waals surface area (Å²) in [5, 5.41) is 0. The Hall–Kier alpha value is -1.52. The Balaban J connectivity index is 1.93. The molecule has 0 radical (unpaired) electrons. The molecule has 22 heavy (non-hydrogen) atoms. The average molecular weight is 313 g/mol. The van der Waals surface area contributed by atoms with Gasteiger partial charge in [0.2, 0.25) is 5.91 Å². The molecule has 2 nitrogen and oxygen atoms in total. The first-order chi connectivity index (χ1) is 10.4. The lowest BCUT2D eigenvalue weighted by Gasteiger charge is -2.21. The first-order valence-electron chi connectivity index (χ1n) is 7.77. The van der Waals surface area contributed by atoms with Gasteiger partial charge in [0.25, 0.3) is 0 Å². The summed E-state index contributed by atoms with van der Waals surface area (Å²) in [6, 6.07) is 5.44. The van der Waals surface area contributed by atoms with Crippen LogP contribution in [0.15, 0.2) is 24.3 Å². The summed E-state index contributed by atoms with van der Waals surface area (Å²) in [6.45, 7) is -0.000810. The van der Waals surface area contributed by atoms with Crippen LogP contribution < -0.4 is 0 Å². The van der Waals surface area contributed by atoms with Gasteiger partial charge in [0.1, 0.15) is 0 Å². The van der Waals surface area contributed by atoms with E-state index < -0.39 is 11.7 Å². The quantitative estimate of drug-likeness (QED) is 0.776. The van der Waals surface area contributed by atoms with Gasteiger partial charge in [0.15, 0.2) is 0 Å². The molecule has 0 spiro atoms. The molecule has 0 heterocycles. The minimum atomic E-state index is -4.38. The topological polar surface area (TPSA) is 20.3 Å². The molecule has 0 N–H and O–H groups in total. The third-order valence-corrected chi connectivity index (χ3v) is 4.40. The molecule has 1 aliphatic rings. The Morgan fingerprint density at radius 2 is 1.86 bits per heavy atom. The zero-order valence-corrected chi connectivity index (χ0v) is 12.8. The number of carbonyl (C=O) groups excluding carboxylic acids is 1. The monoisotopic (exact) mass is 313 g/mol. The van der Waals surface area contributed by atoms with E-state index in [9.17, 15) is 18.0 Å². The Labute approximate surface area is 129 Å². The van der Waals surface area contributed by atoms with Crippen LogP contribution in [0.1, 0.15) is 49.7 Å². The standard InChI is InChI=1S/C17H22F3NO/c1-21(16(22)11-10-13-6-2-3-7-13)12-14-8-4-5-9-15(14)17(18,19)20/h4-5,8-9,13H,2-3,6-7,10-12H2,1H3. The highest BCUT2D eigenvalue weighted by Gasteiger charge is 2.33. The van der Waals surface area contributed by atoms with E-state index in [2.05, 4.69) is 0 Å².